The molecular formula is C26H19F4N5O2. The molecule has 0 bridgehead atoms. The van der Waals surface area contributed by atoms with Gasteiger partial charge < -0.3 is 25.3 Å². The number of alkyl halides is 3. The van der Waals surface area contributed by atoms with Gasteiger partial charge in [0, 0.05) is 17.1 Å². The van der Waals surface area contributed by atoms with E-state index < -0.39 is 29.3 Å². The lowest BCUT2D eigenvalue weighted by Gasteiger charge is -2.28. The summed E-state index contributed by atoms with van der Waals surface area (Å²) >= 11 is 0. The minimum Gasteiger partial charge on any atom is -0.446 e. The predicted molar refractivity (Wildman–Crippen MR) is 131 cm³/mol. The summed E-state index contributed by atoms with van der Waals surface area (Å²) in [7, 11) is 0. The Hall–Kier alpha value is -4.80. The third-order valence-electron chi connectivity index (χ3n) is 5.54. The fraction of sp³-hybridized carbons (Fsp3) is 0.0769. The minimum absolute atomic E-state index is 0.276. The minimum atomic E-state index is -4.67. The Labute approximate surface area is 207 Å². The van der Waals surface area contributed by atoms with Crippen molar-refractivity contribution in [3.8, 4) is 0 Å². The van der Waals surface area contributed by atoms with E-state index in [2.05, 4.69) is 20.9 Å². The second-order valence-corrected chi connectivity index (χ2v) is 8.03. The zero-order valence-electron chi connectivity index (χ0n) is 19.0. The monoisotopic (exact) mass is 509 g/mol. The van der Waals surface area contributed by atoms with Crippen LogP contribution in [0, 0.1) is 5.82 Å². The molecule has 37 heavy (non-hydrogen) atoms. The van der Waals surface area contributed by atoms with E-state index in [0.29, 0.717) is 29.4 Å². The van der Waals surface area contributed by atoms with Gasteiger partial charge in [0.15, 0.2) is 0 Å². The molecule has 2 amide bonds. The molecule has 3 aromatic carbocycles. The molecule has 1 aromatic heterocycles. The molecule has 188 valence electrons. The maximum Gasteiger partial charge on any atom is 0.416 e. The van der Waals surface area contributed by atoms with Crippen molar-refractivity contribution in [1.82, 2.24) is 0 Å². The van der Waals surface area contributed by atoms with Crippen LogP contribution >= 0.6 is 0 Å². The van der Waals surface area contributed by atoms with Crippen LogP contribution in [0.1, 0.15) is 5.56 Å². The van der Waals surface area contributed by atoms with Crippen molar-refractivity contribution < 1.29 is 26.8 Å². The average molecular weight is 509 g/mol. The Morgan fingerprint density at radius 3 is 2.41 bits per heavy atom. The van der Waals surface area contributed by atoms with Gasteiger partial charge in [0.1, 0.15) is 18.3 Å². The van der Waals surface area contributed by atoms with Crippen molar-refractivity contribution in [3.05, 3.63) is 107 Å². The zero-order chi connectivity index (χ0) is 26.0. The van der Waals surface area contributed by atoms with Gasteiger partial charge in [0.2, 0.25) is 5.55 Å². The number of furan rings is 1. The molecular weight excluding hydrogens is 490 g/mol. The maximum atomic E-state index is 14.0. The molecule has 0 unspecified atom stereocenters. The zero-order valence-corrected chi connectivity index (χ0v) is 19.0. The van der Waals surface area contributed by atoms with E-state index in [1.807, 2.05) is 41.3 Å². The van der Waals surface area contributed by atoms with E-state index in [9.17, 15) is 22.4 Å². The first-order valence-electron chi connectivity index (χ1n) is 11.0. The SMILES string of the molecule is O=C(Nc1ccc(N2CN=c3occc3=C2Nc2ccccc2)cc1)Nc1cc(C(F)(F)F)ccc1F. The second kappa shape index (κ2) is 9.69. The van der Waals surface area contributed by atoms with Crippen molar-refractivity contribution in [1.29, 1.82) is 0 Å². The lowest BCUT2D eigenvalue weighted by atomic mass is 10.2. The van der Waals surface area contributed by atoms with Gasteiger partial charge in [-0.1, -0.05) is 18.2 Å². The van der Waals surface area contributed by atoms with Crippen molar-refractivity contribution in [2.75, 3.05) is 27.5 Å². The number of nitrogens with zero attached hydrogens (tertiary/aromatic N) is 2. The first kappa shape index (κ1) is 23.9. The maximum absolute atomic E-state index is 14.0. The molecule has 1 aliphatic heterocycles. The van der Waals surface area contributed by atoms with Crippen LogP contribution in [-0.2, 0) is 6.18 Å². The number of carbonyl (C=O) groups is 1. The molecule has 0 aliphatic carbocycles. The highest BCUT2D eigenvalue weighted by molar-refractivity contribution is 6.00. The highest BCUT2D eigenvalue weighted by Crippen LogP contribution is 2.32. The normalized spacial score (nSPS) is 13.0. The molecule has 1 aliphatic rings. The van der Waals surface area contributed by atoms with E-state index in [0.717, 1.165) is 22.4 Å². The van der Waals surface area contributed by atoms with Crippen molar-refractivity contribution in [2.45, 2.75) is 6.18 Å². The third kappa shape index (κ3) is 5.25. The van der Waals surface area contributed by atoms with Gasteiger partial charge in [0.05, 0.1) is 22.7 Å². The van der Waals surface area contributed by atoms with E-state index in [1.165, 1.54) is 0 Å². The summed E-state index contributed by atoms with van der Waals surface area (Å²) in [6.45, 7) is 0.276. The number of anilines is 4. The number of urea groups is 1. The van der Waals surface area contributed by atoms with Crippen LogP contribution in [0.5, 0.6) is 0 Å². The molecule has 4 aromatic rings. The summed E-state index contributed by atoms with van der Waals surface area (Å²) in [4.78, 5) is 18.7. The number of para-hydroxylation sites is 1. The van der Waals surface area contributed by atoms with Crippen molar-refractivity contribution in [3.63, 3.8) is 0 Å². The Morgan fingerprint density at radius 1 is 0.919 bits per heavy atom. The van der Waals surface area contributed by atoms with E-state index in [4.69, 9.17) is 4.42 Å². The molecule has 11 heteroatoms. The van der Waals surface area contributed by atoms with Crippen molar-refractivity contribution >= 4 is 34.6 Å². The number of rotatable bonds is 5. The molecule has 2 heterocycles. The molecule has 7 nitrogen and oxygen atoms in total. The first-order chi connectivity index (χ1) is 17.8. The number of halogens is 4. The van der Waals surface area contributed by atoms with Crippen LogP contribution in [0.25, 0.3) is 5.82 Å². The van der Waals surface area contributed by atoms with Crippen LogP contribution in [0.4, 0.5) is 45.1 Å². The molecule has 0 radical (unpaired) electrons. The lowest BCUT2D eigenvalue weighted by Crippen LogP contribution is -2.41. The molecule has 0 saturated carbocycles. The van der Waals surface area contributed by atoms with Gasteiger partial charge in [-0.3, -0.25) is 0 Å². The number of benzene rings is 3. The Morgan fingerprint density at radius 2 is 1.68 bits per heavy atom. The summed E-state index contributed by atoms with van der Waals surface area (Å²) in [5, 5.41) is 8.78. The number of amides is 2. The number of carbonyl (C=O) groups excluding carboxylic acids is 1. The molecule has 0 fully saturated rings. The standard InChI is InChI=1S/C26H19F4N5O2/c27-21-11-6-16(26(28,29)30)14-22(21)34-25(36)33-18-7-9-19(10-8-18)35-15-31-24-20(12-13-37-24)23(35)32-17-4-2-1-3-5-17/h1-14,32H,15H2,(H2,33,34,36). The van der Waals surface area contributed by atoms with E-state index >= 15 is 0 Å². The fourth-order valence-electron chi connectivity index (χ4n) is 3.77. The van der Waals surface area contributed by atoms with E-state index in [1.54, 1.807) is 30.5 Å². The molecule has 0 atom stereocenters. The highest BCUT2D eigenvalue weighted by atomic mass is 19.4. The van der Waals surface area contributed by atoms with Gasteiger partial charge in [-0.25, -0.2) is 14.2 Å². The summed E-state index contributed by atoms with van der Waals surface area (Å²) in [6, 6.07) is 19.0. The van der Waals surface area contributed by atoms with Crippen LogP contribution in [-0.4, -0.2) is 12.7 Å². The van der Waals surface area contributed by atoms with Gasteiger partial charge >= 0.3 is 12.2 Å². The summed E-state index contributed by atoms with van der Waals surface area (Å²) in [5.41, 5.74) is 0.825. The van der Waals surface area contributed by atoms with Gasteiger partial charge in [-0.15, -0.1) is 0 Å². The van der Waals surface area contributed by atoms with Gasteiger partial charge in [-0.05, 0) is 60.7 Å². The molecule has 0 spiro atoms. The predicted octanol–water partition coefficient (Wildman–Crippen LogP) is 5.36. The molecule has 3 N–H and O–H groups in total. The number of fused-ring (bicyclic) bond motifs is 1. The van der Waals surface area contributed by atoms with Crippen LogP contribution in [0.3, 0.4) is 0 Å². The van der Waals surface area contributed by atoms with Crippen LogP contribution in [0.2, 0.25) is 0 Å². The first-order valence-corrected chi connectivity index (χ1v) is 11.0. The molecule has 0 saturated heterocycles. The van der Waals surface area contributed by atoms with Crippen LogP contribution < -0.4 is 31.6 Å². The summed E-state index contributed by atoms with van der Waals surface area (Å²) in [6.07, 6.45) is -3.11. The quantitative estimate of drug-likeness (QED) is 0.317. The largest absolute Gasteiger partial charge is 0.446 e. The lowest BCUT2D eigenvalue weighted by molar-refractivity contribution is -0.137. The molecule has 5 rings (SSSR count). The fourth-order valence-corrected chi connectivity index (χ4v) is 3.77. The highest BCUT2D eigenvalue weighted by Gasteiger charge is 2.31. The Balaban J connectivity index is 1.33. The summed E-state index contributed by atoms with van der Waals surface area (Å²) < 4.78 is 58.2. The van der Waals surface area contributed by atoms with Crippen LogP contribution in [0.15, 0.2) is 94.5 Å². The van der Waals surface area contributed by atoms with Crippen molar-refractivity contribution in [2.24, 2.45) is 4.99 Å². The van der Waals surface area contributed by atoms with Gasteiger partial charge in [-0.2, -0.15) is 13.2 Å². The number of hydrogen-bond acceptors (Lipinski definition) is 5. The van der Waals surface area contributed by atoms with E-state index in [-0.39, 0.29) is 6.67 Å². The number of hydrogen-bond donors (Lipinski definition) is 3. The Kier molecular flexibility index (Phi) is 6.26. The number of nitrogens with one attached hydrogen (secondary N) is 3. The smallest absolute Gasteiger partial charge is 0.416 e. The van der Waals surface area contributed by atoms with Gasteiger partial charge in [0.25, 0.3) is 0 Å². The second-order valence-electron chi connectivity index (χ2n) is 8.03. The topological polar surface area (TPSA) is 81.9 Å². The average Bonchev–Trinajstić information content (AvgIpc) is 3.36. The summed E-state index contributed by atoms with van der Waals surface area (Å²) in [5.74, 6) is -0.233. The third-order valence-corrected chi connectivity index (χ3v) is 5.54. The Bertz CT molecular complexity index is 1550.